The number of hydrogen-bond acceptors (Lipinski definition) is 4. The number of esters is 1. The highest BCUT2D eigenvalue weighted by Crippen LogP contribution is 2.60. The molecule has 25 heavy (non-hydrogen) atoms. The topological polar surface area (TPSA) is 44.8 Å². The average molecular weight is 365 g/mol. The van der Waals surface area contributed by atoms with Crippen LogP contribution < -0.4 is 9.47 Å². The first-order chi connectivity index (χ1) is 11.8. The van der Waals surface area contributed by atoms with Crippen molar-refractivity contribution in [3.63, 3.8) is 0 Å². The molecule has 0 spiro atoms. The molecule has 1 fully saturated rings. The van der Waals surface area contributed by atoms with E-state index in [1.54, 1.807) is 6.07 Å². The lowest BCUT2D eigenvalue weighted by atomic mass is 10.1. The Kier molecular flexibility index (Phi) is 4.76. The van der Waals surface area contributed by atoms with Gasteiger partial charge in [-0.15, -0.1) is 0 Å². The maximum atomic E-state index is 12.8. The molecule has 0 amide bonds. The molecular formula is C20H25ClO4. The maximum Gasteiger partial charge on any atom is 0.310 e. The number of ether oxygens (including phenoxy) is 3. The van der Waals surface area contributed by atoms with E-state index in [9.17, 15) is 4.79 Å². The molecule has 0 saturated heterocycles. The first-order valence-corrected chi connectivity index (χ1v) is 9.08. The van der Waals surface area contributed by atoms with E-state index in [0.29, 0.717) is 22.9 Å². The largest absolute Gasteiger partial charge is 0.457 e. The Morgan fingerprint density at radius 1 is 1.36 bits per heavy atom. The minimum Gasteiger partial charge on any atom is -0.457 e. The van der Waals surface area contributed by atoms with Gasteiger partial charge < -0.3 is 14.2 Å². The third-order valence-corrected chi connectivity index (χ3v) is 5.47. The Morgan fingerprint density at radius 2 is 2.00 bits per heavy atom. The second kappa shape index (κ2) is 6.56. The zero-order valence-electron chi connectivity index (χ0n) is 15.4. The zero-order valence-corrected chi connectivity index (χ0v) is 16.1. The van der Waals surface area contributed by atoms with Crippen LogP contribution in [0.15, 0.2) is 23.8 Å². The average Bonchev–Trinajstić information content (AvgIpc) is 2.86. The number of halogens is 1. The SMILES string of the molecule is CCC(OC(=O)C1C(C=C(C)C)C1(C)C)c1cc2c(cc1Cl)OCO2. The van der Waals surface area contributed by atoms with Crippen molar-refractivity contribution in [1.29, 1.82) is 0 Å². The fourth-order valence-corrected chi connectivity index (χ4v) is 3.83. The molecule has 0 aromatic heterocycles. The highest BCUT2D eigenvalue weighted by Gasteiger charge is 2.61. The van der Waals surface area contributed by atoms with Gasteiger partial charge in [-0.25, -0.2) is 0 Å². The summed E-state index contributed by atoms with van der Waals surface area (Å²) in [6.07, 6.45) is 2.42. The van der Waals surface area contributed by atoms with Crippen LogP contribution in [-0.4, -0.2) is 12.8 Å². The van der Waals surface area contributed by atoms with Crippen LogP contribution in [0.5, 0.6) is 11.5 Å². The van der Waals surface area contributed by atoms with E-state index in [4.69, 9.17) is 25.8 Å². The number of carbonyl (C=O) groups is 1. The lowest BCUT2D eigenvalue weighted by Crippen LogP contribution is -2.15. The van der Waals surface area contributed by atoms with Crippen LogP contribution in [0.25, 0.3) is 0 Å². The second-order valence-electron chi connectivity index (χ2n) is 7.63. The van der Waals surface area contributed by atoms with Gasteiger partial charge in [-0.1, -0.05) is 44.0 Å². The first-order valence-electron chi connectivity index (χ1n) is 8.70. The summed E-state index contributed by atoms with van der Waals surface area (Å²) >= 11 is 6.38. The Labute approximate surface area is 154 Å². The second-order valence-corrected chi connectivity index (χ2v) is 8.04. The summed E-state index contributed by atoms with van der Waals surface area (Å²) in [5.74, 6) is 1.23. The number of allylic oxidation sites excluding steroid dienone is 2. The summed E-state index contributed by atoms with van der Waals surface area (Å²) in [5, 5.41) is 0.528. The van der Waals surface area contributed by atoms with Crippen molar-refractivity contribution in [3.05, 3.63) is 34.4 Å². The third kappa shape index (κ3) is 3.37. The van der Waals surface area contributed by atoms with Gasteiger partial charge in [0, 0.05) is 11.6 Å². The quantitative estimate of drug-likeness (QED) is 0.525. The molecule has 2 aliphatic rings. The van der Waals surface area contributed by atoms with Crippen LogP contribution >= 0.6 is 11.6 Å². The van der Waals surface area contributed by atoms with E-state index in [2.05, 4.69) is 33.8 Å². The molecular weight excluding hydrogens is 340 g/mol. The molecule has 1 saturated carbocycles. The molecule has 5 heteroatoms. The lowest BCUT2D eigenvalue weighted by Gasteiger charge is -2.19. The van der Waals surface area contributed by atoms with Crippen LogP contribution in [0.2, 0.25) is 5.02 Å². The van der Waals surface area contributed by atoms with Gasteiger partial charge in [0.05, 0.1) is 10.9 Å². The number of fused-ring (bicyclic) bond motifs is 1. The van der Waals surface area contributed by atoms with Crippen LogP contribution in [0.3, 0.4) is 0 Å². The molecule has 1 aromatic rings. The molecule has 1 aliphatic heterocycles. The van der Waals surface area contributed by atoms with E-state index in [0.717, 1.165) is 5.56 Å². The molecule has 0 N–H and O–H groups in total. The summed E-state index contributed by atoms with van der Waals surface area (Å²) in [4.78, 5) is 12.8. The van der Waals surface area contributed by atoms with Gasteiger partial charge in [0.25, 0.3) is 0 Å². The highest BCUT2D eigenvalue weighted by molar-refractivity contribution is 6.31. The van der Waals surface area contributed by atoms with E-state index in [-0.39, 0.29) is 30.0 Å². The van der Waals surface area contributed by atoms with Crippen LogP contribution in [0.1, 0.15) is 52.7 Å². The number of rotatable bonds is 5. The van der Waals surface area contributed by atoms with Crippen LogP contribution in [-0.2, 0) is 9.53 Å². The fraction of sp³-hybridized carbons (Fsp3) is 0.550. The van der Waals surface area contributed by atoms with Gasteiger partial charge in [-0.2, -0.15) is 0 Å². The maximum absolute atomic E-state index is 12.8. The summed E-state index contributed by atoms with van der Waals surface area (Å²) < 4.78 is 16.6. The molecule has 0 radical (unpaired) electrons. The molecule has 0 bridgehead atoms. The van der Waals surface area contributed by atoms with Crippen molar-refractivity contribution < 1.29 is 19.0 Å². The molecule has 1 aliphatic carbocycles. The normalized spacial score (nSPS) is 23.8. The minimum absolute atomic E-state index is 0.0642. The number of carbonyl (C=O) groups excluding carboxylic acids is 1. The zero-order chi connectivity index (χ0) is 18.4. The molecule has 1 aromatic carbocycles. The van der Waals surface area contributed by atoms with Gasteiger partial charge in [0.15, 0.2) is 11.5 Å². The van der Waals surface area contributed by atoms with E-state index in [1.165, 1.54) is 5.57 Å². The molecule has 136 valence electrons. The van der Waals surface area contributed by atoms with Crippen LogP contribution in [0, 0.1) is 17.3 Å². The summed E-state index contributed by atoms with van der Waals surface area (Å²) in [7, 11) is 0. The van der Waals surface area contributed by atoms with Crippen molar-refractivity contribution >= 4 is 17.6 Å². The lowest BCUT2D eigenvalue weighted by molar-refractivity contribution is -0.152. The Bertz CT molecular complexity index is 719. The van der Waals surface area contributed by atoms with Gasteiger partial charge in [-0.05, 0) is 37.7 Å². The molecule has 3 unspecified atom stereocenters. The fourth-order valence-electron chi connectivity index (χ4n) is 3.56. The third-order valence-electron chi connectivity index (χ3n) is 5.15. The van der Waals surface area contributed by atoms with Gasteiger partial charge in [-0.3, -0.25) is 4.79 Å². The van der Waals surface area contributed by atoms with E-state index in [1.807, 2.05) is 13.0 Å². The Morgan fingerprint density at radius 3 is 2.60 bits per heavy atom. The Balaban J connectivity index is 1.77. The van der Waals surface area contributed by atoms with Gasteiger partial charge >= 0.3 is 5.97 Å². The first kappa shape index (κ1) is 18.1. The predicted octanol–water partition coefficient (Wildman–Crippen LogP) is 5.30. The molecule has 4 nitrogen and oxygen atoms in total. The number of benzene rings is 1. The van der Waals surface area contributed by atoms with E-state index < -0.39 is 6.10 Å². The van der Waals surface area contributed by atoms with E-state index >= 15 is 0 Å². The predicted molar refractivity (Wildman–Crippen MR) is 96.9 cm³/mol. The van der Waals surface area contributed by atoms with Gasteiger partial charge in [0.1, 0.15) is 6.10 Å². The smallest absolute Gasteiger partial charge is 0.310 e. The van der Waals surface area contributed by atoms with Gasteiger partial charge in [0.2, 0.25) is 6.79 Å². The summed E-state index contributed by atoms with van der Waals surface area (Å²) in [5.41, 5.74) is 1.92. The van der Waals surface area contributed by atoms with Crippen molar-refractivity contribution in [1.82, 2.24) is 0 Å². The molecule has 3 atom stereocenters. The monoisotopic (exact) mass is 364 g/mol. The van der Waals surface area contributed by atoms with Crippen molar-refractivity contribution in [3.8, 4) is 11.5 Å². The highest BCUT2D eigenvalue weighted by atomic mass is 35.5. The molecule has 1 heterocycles. The van der Waals surface area contributed by atoms with Crippen molar-refractivity contribution in [2.45, 2.75) is 47.1 Å². The molecule has 3 rings (SSSR count). The summed E-state index contributed by atoms with van der Waals surface area (Å²) in [6.45, 7) is 10.5. The van der Waals surface area contributed by atoms with Crippen LogP contribution in [0.4, 0.5) is 0 Å². The summed E-state index contributed by atoms with van der Waals surface area (Å²) in [6, 6.07) is 3.54. The Hall–Kier alpha value is -1.68. The minimum atomic E-state index is -0.391. The standard InChI is InChI=1S/C20H25ClO4/c1-6-15(12-8-16-17(9-14(12)21)24-10-23-16)25-19(22)18-13(7-11(2)3)20(18,4)5/h7-9,13,15,18H,6,10H2,1-5H3. The van der Waals surface area contributed by atoms with Crippen molar-refractivity contribution in [2.24, 2.45) is 17.3 Å². The van der Waals surface area contributed by atoms with Crippen molar-refractivity contribution in [2.75, 3.05) is 6.79 Å². The number of hydrogen-bond donors (Lipinski definition) is 0.